The highest BCUT2D eigenvalue weighted by Crippen LogP contribution is 2.39. The summed E-state index contributed by atoms with van der Waals surface area (Å²) >= 11 is 3.61. The Morgan fingerprint density at radius 2 is 1.95 bits per heavy atom. The molecule has 3 rings (SSSR count). The minimum atomic E-state index is -0.0950. The van der Waals surface area contributed by atoms with Crippen molar-refractivity contribution in [3.8, 4) is 0 Å². The van der Waals surface area contributed by atoms with Gasteiger partial charge in [-0.15, -0.1) is 0 Å². The maximum atomic E-state index is 14.2. The second-order valence-electron chi connectivity index (χ2n) is 5.74. The standard InChI is InChI=1S/C18H19BrFN/c1-12-6-7-13(10-17(12)19)14-8-9-21-11-16(14)15-4-2-3-5-18(15)20/h2-7,10,14,16,21H,8-9,11H2,1H3. The van der Waals surface area contributed by atoms with Crippen LogP contribution in [0.1, 0.15) is 34.9 Å². The van der Waals surface area contributed by atoms with E-state index in [2.05, 4.69) is 46.4 Å². The molecule has 0 radical (unpaired) electrons. The first kappa shape index (κ1) is 14.7. The van der Waals surface area contributed by atoms with Gasteiger partial charge in [0.2, 0.25) is 0 Å². The van der Waals surface area contributed by atoms with Gasteiger partial charge in [0.1, 0.15) is 5.82 Å². The first-order chi connectivity index (χ1) is 10.2. The van der Waals surface area contributed by atoms with Crippen LogP contribution in [-0.2, 0) is 0 Å². The molecule has 110 valence electrons. The Balaban J connectivity index is 1.98. The van der Waals surface area contributed by atoms with Crippen molar-refractivity contribution in [2.24, 2.45) is 0 Å². The molecule has 3 heteroatoms. The Morgan fingerprint density at radius 3 is 2.71 bits per heavy atom. The summed E-state index contributed by atoms with van der Waals surface area (Å²) in [6, 6.07) is 13.7. The summed E-state index contributed by atoms with van der Waals surface area (Å²) in [4.78, 5) is 0. The van der Waals surface area contributed by atoms with Crippen LogP contribution in [0.5, 0.6) is 0 Å². The van der Waals surface area contributed by atoms with E-state index in [0.29, 0.717) is 5.92 Å². The zero-order chi connectivity index (χ0) is 14.8. The minimum absolute atomic E-state index is 0.0950. The highest BCUT2D eigenvalue weighted by Gasteiger charge is 2.29. The quantitative estimate of drug-likeness (QED) is 0.825. The molecule has 1 nitrogen and oxygen atoms in total. The van der Waals surface area contributed by atoms with Gasteiger partial charge in [-0.2, -0.15) is 0 Å². The van der Waals surface area contributed by atoms with E-state index >= 15 is 0 Å². The predicted octanol–water partition coefficient (Wildman–Crippen LogP) is 4.76. The summed E-state index contributed by atoms with van der Waals surface area (Å²) in [5.74, 6) is 0.456. The first-order valence-corrected chi connectivity index (χ1v) is 8.17. The third-order valence-electron chi connectivity index (χ3n) is 4.41. The maximum Gasteiger partial charge on any atom is 0.126 e. The van der Waals surface area contributed by atoms with Crippen LogP contribution in [0.2, 0.25) is 0 Å². The molecule has 0 amide bonds. The van der Waals surface area contributed by atoms with Crippen molar-refractivity contribution in [3.05, 3.63) is 69.4 Å². The largest absolute Gasteiger partial charge is 0.316 e. The number of hydrogen-bond donors (Lipinski definition) is 1. The molecule has 0 bridgehead atoms. The Labute approximate surface area is 133 Å². The molecule has 1 aliphatic heterocycles. The number of halogens is 2. The monoisotopic (exact) mass is 347 g/mol. The molecule has 1 fully saturated rings. The van der Waals surface area contributed by atoms with Gasteiger partial charge in [-0.05, 0) is 54.6 Å². The summed E-state index contributed by atoms with van der Waals surface area (Å²) in [6.45, 7) is 3.91. The predicted molar refractivity (Wildman–Crippen MR) is 88.2 cm³/mol. The molecular weight excluding hydrogens is 329 g/mol. The molecular formula is C18H19BrFN. The summed E-state index contributed by atoms with van der Waals surface area (Å²) in [7, 11) is 0. The van der Waals surface area contributed by atoms with Gasteiger partial charge >= 0.3 is 0 Å². The van der Waals surface area contributed by atoms with Gasteiger partial charge in [0, 0.05) is 16.9 Å². The zero-order valence-corrected chi connectivity index (χ0v) is 13.7. The number of piperidine rings is 1. The molecule has 2 atom stereocenters. The maximum absolute atomic E-state index is 14.2. The average molecular weight is 348 g/mol. The van der Waals surface area contributed by atoms with Crippen LogP contribution in [0.15, 0.2) is 46.9 Å². The van der Waals surface area contributed by atoms with E-state index < -0.39 is 0 Å². The van der Waals surface area contributed by atoms with E-state index in [1.807, 2.05) is 12.1 Å². The van der Waals surface area contributed by atoms with Gasteiger partial charge in [-0.1, -0.05) is 46.3 Å². The van der Waals surface area contributed by atoms with Crippen LogP contribution >= 0.6 is 15.9 Å². The highest BCUT2D eigenvalue weighted by molar-refractivity contribution is 9.10. The van der Waals surface area contributed by atoms with E-state index in [9.17, 15) is 4.39 Å². The van der Waals surface area contributed by atoms with Crippen LogP contribution in [-0.4, -0.2) is 13.1 Å². The van der Waals surface area contributed by atoms with Crippen LogP contribution in [0, 0.1) is 12.7 Å². The van der Waals surface area contributed by atoms with Gasteiger partial charge in [0.15, 0.2) is 0 Å². The summed E-state index contributed by atoms with van der Waals surface area (Å²) in [6.07, 6.45) is 1.04. The molecule has 21 heavy (non-hydrogen) atoms. The number of aryl methyl sites for hydroxylation is 1. The van der Waals surface area contributed by atoms with E-state index in [1.165, 1.54) is 11.1 Å². The number of nitrogens with one attached hydrogen (secondary N) is 1. The second kappa shape index (κ2) is 6.29. The lowest BCUT2D eigenvalue weighted by molar-refractivity contribution is 0.393. The fourth-order valence-electron chi connectivity index (χ4n) is 3.20. The van der Waals surface area contributed by atoms with Crippen molar-refractivity contribution >= 4 is 15.9 Å². The molecule has 0 spiro atoms. The highest BCUT2D eigenvalue weighted by atomic mass is 79.9. The summed E-state index contributed by atoms with van der Waals surface area (Å²) in [5.41, 5.74) is 3.35. The molecule has 0 aliphatic carbocycles. The molecule has 1 aliphatic rings. The van der Waals surface area contributed by atoms with Gasteiger partial charge < -0.3 is 5.32 Å². The van der Waals surface area contributed by atoms with Crippen LogP contribution in [0.25, 0.3) is 0 Å². The van der Waals surface area contributed by atoms with Gasteiger partial charge in [0.05, 0.1) is 0 Å². The molecule has 2 unspecified atom stereocenters. The second-order valence-corrected chi connectivity index (χ2v) is 6.59. The molecule has 2 aromatic rings. The van der Waals surface area contributed by atoms with Crippen molar-refractivity contribution in [2.45, 2.75) is 25.2 Å². The average Bonchev–Trinajstić information content (AvgIpc) is 2.51. The molecule has 2 aromatic carbocycles. The lowest BCUT2D eigenvalue weighted by atomic mass is 9.77. The Hall–Kier alpha value is -1.19. The van der Waals surface area contributed by atoms with Crippen molar-refractivity contribution < 1.29 is 4.39 Å². The smallest absolute Gasteiger partial charge is 0.126 e. The minimum Gasteiger partial charge on any atom is -0.316 e. The number of hydrogen-bond acceptors (Lipinski definition) is 1. The van der Waals surface area contributed by atoms with Crippen LogP contribution < -0.4 is 5.32 Å². The molecule has 0 saturated carbocycles. The summed E-state index contributed by atoms with van der Waals surface area (Å²) in [5, 5.41) is 3.41. The zero-order valence-electron chi connectivity index (χ0n) is 12.1. The Morgan fingerprint density at radius 1 is 1.14 bits per heavy atom. The fourth-order valence-corrected chi connectivity index (χ4v) is 3.60. The van der Waals surface area contributed by atoms with Crippen molar-refractivity contribution in [2.75, 3.05) is 13.1 Å². The topological polar surface area (TPSA) is 12.0 Å². The molecule has 1 saturated heterocycles. The Kier molecular flexibility index (Phi) is 4.41. The fraction of sp³-hybridized carbons (Fsp3) is 0.333. The first-order valence-electron chi connectivity index (χ1n) is 7.38. The number of rotatable bonds is 2. The van der Waals surface area contributed by atoms with Crippen molar-refractivity contribution in [1.82, 2.24) is 5.32 Å². The van der Waals surface area contributed by atoms with E-state index in [0.717, 1.165) is 29.5 Å². The summed E-state index contributed by atoms with van der Waals surface area (Å²) < 4.78 is 15.3. The molecule has 1 heterocycles. The number of benzene rings is 2. The van der Waals surface area contributed by atoms with Crippen molar-refractivity contribution in [1.29, 1.82) is 0 Å². The van der Waals surface area contributed by atoms with Gasteiger partial charge in [0.25, 0.3) is 0 Å². The lowest BCUT2D eigenvalue weighted by Gasteiger charge is -2.33. The normalized spacial score (nSPS) is 22.2. The third kappa shape index (κ3) is 3.04. The van der Waals surface area contributed by atoms with E-state index in [4.69, 9.17) is 0 Å². The van der Waals surface area contributed by atoms with Gasteiger partial charge in [-0.25, -0.2) is 4.39 Å². The van der Waals surface area contributed by atoms with Crippen LogP contribution in [0.3, 0.4) is 0 Å². The Bertz CT molecular complexity index is 641. The lowest BCUT2D eigenvalue weighted by Crippen LogP contribution is -2.34. The SMILES string of the molecule is Cc1ccc(C2CCNCC2c2ccccc2F)cc1Br. The van der Waals surface area contributed by atoms with Crippen molar-refractivity contribution in [3.63, 3.8) is 0 Å². The van der Waals surface area contributed by atoms with E-state index in [-0.39, 0.29) is 11.7 Å². The third-order valence-corrected chi connectivity index (χ3v) is 5.27. The van der Waals surface area contributed by atoms with Crippen LogP contribution in [0.4, 0.5) is 4.39 Å². The molecule has 0 aromatic heterocycles. The molecule has 1 N–H and O–H groups in total. The van der Waals surface area contributed by atoms with E-state index in [1.54, 1.807) is 12.1 Å². The van der Waals surface area contributed by atoms with Gasteiger partial charge in [-0.3, -0.25) is 0 Å².